The highest BCUT2D eigenvalue weighted by atomic mass is 127. The van der Waals surface area contributed by atoms with Gasteiger partial charge in [-0.1, -0.05) is 0 Å². The van der Waals surface area contributed by atoms with E-state index >= 15 is 0 Å². The molecule has 18 heavy (non-hydrogen) atoms. The van der Waals surface area contributed by atoms with Crippen molar-refractivity contribution in [3.8, 4) is 0 Å². The van der Waals surface area contributed by atoms with Crippen LogP contribution in [0.3, 0.4) is 0 Å². The molecule has 0 aliphatic rings. The van der Waals surface area contributed by atoms with Crippen molar-refractivity contribution < 1.29 is 8.78 Å². The molecule has 2 aromatic rings. The Balaban J connectivity index is 0.000000180. The minimum absolute atomic E-state index is 0.313. The fraction of sp³-hybridized carbons (Fsp3) is 0.154. The van der Waals surface area contributed by atoms with E-state index in [0.29, 0.717) is 3.57 Å². The molecule has 1 aromatic carbocycles. The number of nitrogens with zero attached hydrogens (tertiary/aromatic N) is 2. The van der Waals surface area contributed by atoms with Gasteiger partial charge in [-0.15, -0.1) is 0 Å². The Morgan fingerprint density at radius 3 is 2.06 bits per heavy atom. The standard InChI is InChI=1S/C7H10N2.C6H3F2I/c1-9(2)7-3-5-8-6-4-7;7-4-1-2-5(8)6(9)3-4/h3-6H,1-2H3;1-3H. The number of rotatable bonds is 1. The first-order valence-corrected chi connectivity index (χ1v) is 6.26. The summed E-state index contributed by atoms with van der Waals surface area (Å²) < 4.78 is 24.8. The second-order valence-corrected chi connectivity index (χ2v) is 4.82. The Labute approximate surface area is 119 Å². The summed E-state index contributed by atoms with van der Waals surface area (Å²) in [6.45, 7) is 0. The van der Waals surface area contributed by atoms with Gasteiger partial charge in [0.25, 0.3) is 0 Å². The van der Waals surface area contributed by atoms with Gasteiger partial charge in [-0.2, -0.15) is 0 Å². The molecule has 0 fully saturated rings. The summed E-state index contributed by atoms with van der Waals surface area (Å²) in [6, 6.07) is 7.30. The molecule has 2 rings (SSSR count). The molecule has 96 valence electrons. The zero-order valence-electron chi connectivity index (χ0n) is 10.1. The van der Waals surface area contributed by atoms with Crippen molar-refractivity contribution in [2.45, 2.75) is 0 Å². The van der Waals surface area contributed by atoms with Gasteiger partial charge in [-0.25, -0.2) is 8.78 Å². The molecule has 0 unspecified atom stereocenters. The first-order valence-electron chi connectivity index (χ1n) is 5.18. The van der Waals surface area contributed by atoms with E-state index in [0.717, 1.165) is 18.2 Å². The minimum atomic E-state index is -0.402. The third kappa shape index (κ3) is 4.95. The van der Waals surface area contributed by atoms with Gasteiger partial charge in [-0.05, 0) is 52.9 Å². The summed E-state index contributed by atoms with van der Waals surface area (Å²) in [7, 11) is 4.02. The Bertz CT molecular complexity index is 490. The summed E-state index contributed by atoms with van der Waals surface area (Å²) in [5.74, 6) is -0.780. The van der Waals surface area contributed by atoms with E-state index < -0.39 is 5.82 Å². The molecule has 0 spiro atoms. The SMILES string of the molecule is CN(C)c1ccncc1.Fc1ccc(F)c(I)c1. The molecular weight excluding hydrogens is 349 g/mol. The van der Waals surface area contributed by atoms with Crippen molar-refractivity contribution in [3.05, 3.63) is 57.9 Å². The van der Waals surface area contributed by atoms with E-state index in [9.17, 15) is 8.78 Å². The average Bonchev–Trinajstić information content (AvgIpc) is 2.36. The lowest BCUT2D eigenvalue weighted by atomic mass is 10.3. The van der Waals surface area contributed by atoms with Crippen molar-refractivity contribution in [2.24, 2.45) is 0 Å². The lowest BCUT2D eigenvalue weighted by molar-refractivity contribution is 0.594. The minimum Gasteiger partial charge on any atom is -0.378 e. The predicted molar refractivity (Wildman–Crippen MR) is 77.6 cm³/mol. The van der Waals surface area contributed by atoms with Crippen LogP contribution in [-0.4, -0.2) is 19.1 Å². The fourth-order valence-corrected chi connectivity index (χ4v) is 1.59. The zero-order valence-corrected chi connectivity index (χ0v) is 12.2. The largest absolute Gasteiger partial charge is 0.378 e. The first-order chi connectivity index (χ1) is 8.50. The van der Waals surface area contributed by atoms with Crippen molar-refractivity contribution >= 4 is 28.3 Å². The van der Waals surface area contributed by atoms with Gasteiger partial charge >= 0.3 is 0 Å². The van der Waals surface area contributed by atoms with Crippen LogP contribution in [0.5, 0.6) is 0 Å². The highest BCUT2D eigenvalue weighted by molar-refractivity contribution is 14.1. The average molecular weight is 362 g/mol. The van der Waals surface area contributed by atoms with Crippen LogP contribution in [0, 0.1) is 15.2 Å². The molecule has 0 saturated heterocycles. The van der Waals surface area contributed by atoms with Crippen LogP contribution in [0.4, 0.5) is 14.5 Å². The van der Waals surface area contributed by atoms with E-state index in [1.807, 2.05) is 31.1 Å². The van der Waals surface area contributed by atoms with E-state index in [1.165, 1.54) is 5.69 Å². The number of hydrogen-bond donors (Lipinski definition) is 0. The van der Waals surface area contributed by atoms with Crippen LogP contribution in [0.25, 0.3) is 0 Å². The van der Waals surface area contributed by atoms with Gasteiger partial charge in [0, 0.05) is 32.2 Å². The molecule has 0 radical (unpaired) electrons. The molecule has 0 amide bonds. The number of pyridine rings is 1. The highest BCUT2D eigenvalue weighted by Crippen LogP contribution is 2.11. The number of hydrogen-bond acceptors (Lipinski definition) is 2. The Morgan fingerprint density at radius 1 is 1.06 bits per heavy atom. The van der Waals surface area contributed by atoms with Crippen LogP contribution in [0.2, 0.25) is 0 Å². The third-order valence-corrected chi connectivity index (χ3v) is 2.89. The molecule has 0 aliphatic carbocycles. The molecule has 0 bridgehead atoms. The molecular formula is C13H13F2IN2. The fourth-order valence-electron chi connectivity index (χ4n) is 1.11. The Kier molecular flexibility index (Phi) is 5.97. The number of benzene rings is 1. The van der Waals surface area contributed by atoms with Gasteiger partial charge in [0.15, 0.2) is 0 Å². The van der Waals surface area contributed by atoms with Crippen molar-refractivity contribution in [3.63, 3.8) is 0 Å². The molecule has 2 nitrogen and oxygen atoms in total. The maximum absolute atomic E-state index is 12.3. The molecule has 0 atom stereocenters. The van der Waals surface area contributed by atoms with Crippen LogP contribution in [0.15, 0.2) is 42.7 Å². The zero-order chi connectivity index (χ0) is 13.5. The predicted octanol–water partition coefficient (Wildman–Crippen LogP) is 3.72. The van der Waals surface area contributed by atoms with E-state index in [4.69, 9.17) is 0 Å². The second-order valence-electron chi connectivity index (χ2n) is 3.66. The van der Waals surface area contributed by atoms with E-state index in [-0.39, 0.29) is 5.82 Å². The van der Waals surface area contributed by atoms with E-state index in [2.05, 4.69) is 4.98 Å². The maximum Gasteiger partial charge on any atom is 0.136 e. The third-order valence-electron chi connectivity index (χ3n) is 2.06. The highest BCUT2D eigenvalue weighted by Gasteiger charge is 1.97. The lowest BCUT2D eigenvalue weighted by Crippen LogP contribution is -2.07. The smallest absolute Gasteiger partial charge is 0.136 e. The van der Waals surface area contributed by atoms with Crippen LogP contribution >= 0.6 is 22.6 Å². The van der Waals surface area contributed by atoms with E-state index in [1.54, 1.807) is 35.0 Å². The van der Waals surface area contributed by atoms with Crippen LogP contribution < -0.4 is 4.90 Å². The van der Waals surface area contributed by atoms with Crippen molar-refractivity contribution in [1.82, 2.24) is 4.98 Å². The topological polar surface area (TPSA) is 16.1 Å². The molecule has 0 N–H and O–H groups in total. The summed E-state index contributed by atoms with van der Waals surface area (Å²) in [5, 5.41) is 0. The van der Waals surface area contributed by atoms with Gasteiger partial charge in [-0.3, -0.25) is 4.98 Å². The molecule has 1 heterocycles. The maximum atomic E-state index is 12.3. The Hall–Kier alpha value is -1.24. The first kappa shape index (κ1) is 14.8. The van der Waals surface area contributed by atoms with Gasteiger partial charge in [0.05, 0.1) is 3.57 Å². The number of aromatic nitrogens is 1. The van der Waals surface area contributed by atoms with Crippen LogP contribution in [-0.2, 0) is 0 Å². The lowest BCUT2D eigenvalue weighted by Gasteiger charge is -2.10. The molecule has 0 aliphatic heterocycles. The van der Waals surface area contributed by atoms with Crippen molar-refractivity contribution in [2.75, 3.05) is 19.0 Å². The number of halogens is 3. The summed E-state index contributed by atoms with van der Waals surface area (Å²) in [5.41, 5.74) is 1.19. The van der Waals surface area contributed by atoms with Gasteiger partial charge in [0.2, 0.25) is 0 Å². The quantitative estimate of drug-likeness (QED) is 0.568. The Morgan fingerprint density at radius 2 is 1.67 bits per heavy atom. The molecule has 1 aromatic heterocycles. The molecule has 0 saturated carbocycles. The normalized spacial score (nSPS) is 9.39. The summed E-state index contributed by atoms with van der Waals surface area (Å²) in [6.07, 6.45) is 3.57. The second kappa shape index (κ2) is 7.25. The number of anilines is 1. The van der Waals surface area contributed by atoms with Crippen molar-refractivity contribution in [1.29, 1.82) is 0 Å². The molecule has 5 heteroatoms. The van der Waals surface area contributed by atoms with Crippen LogP contribution in [0.1, 0.15) is 0 Å². The summed E-state index contributed by atoms with van der Waals surface area (Å²) in [4.78, 5) is 5.94. The monoisotopic (exact) mass is 362 g/mol. The van der Waals surface area contributed by atoms with Gasteiger partial charge in [0.1, 0.15) is 11.6 Å². The summed E-state index contributed by atoms with van der Waals surface area (Å²) >= 11 is 1.73. The van der Waals surface area contributed by atoms with Gasteiger partial charge < -0.3 is 4.90 Å².